The largest absolute Gasteiger partial charge is 0.311 e. The Labute approximate surface area is 112 Å². The van der Waals surface area contributed by atoms with E-state index in [0.717, 1.165) is 29.3 Å². The van der Waals surface area contributed by atoms with Gasteiger partial charge in [-0.05, 0) is 30.5 Å². The minimum atomic E-state index is -1.19. The predicted molar refractivity (Wildman–Crippen MR) is 73.7 cm³/mol. The number of piperidine rings is 1. The molecule has 19 heavy (non-hydrogen) atoms. The van der Waals surface area contributed by atoms with E-state index in [2.05, 4.69) is 10.3 Å². The van der Waals surface area contributed by atoms with Crippen LogP contribution >= 0.6 is 0 Å². The van der Waals surface area contributed by atoms with Crippen LogP contribution in [0, 0.1) is 0 Å². The molecule has 4 rings (SSSR count). The second kappa shape index (κ2) is 4.01. The van der Waals surface area contributed by atoms with E-state index >= 15 is 4.39 Å². The zero-order chi connectivity index (χ0) is 12.9. The lowest BCUT2D eigenvalue weighted by molar-refractivity contribution is 0.0889. The first kappa shape index (κ1) is 11.4. The van der Waals surface area contributed by atoms with Gasteiger partial charge in [0.25, 0.3) is 0 Å². The molecule has 2 nitrogen and oxygen atoms in total. The summed E-state index contributed by atoms with van der Waals surface area (Å²) in [5.41, 5.74) is 0.527. The fraction of sp³-hybridized carbons (Fsp3) is 0.438. The maximum atomic E-state index is 15.5. The minimum Gasteiger partial charge on any atom is -0.311 e. The number of halogens is 1. The highest BCUT2D eigenvalue weighted by atomic mass is 19.1. The smallest absolute Gasteiger partial charge is 0.139 e. The van der Waals surface area contributed by atoms with Crippen molar-refractivity contribution in [2.24, 2.45) is 0 Å². The van der Waals surface area contributed by atoms with E-state index in [9.17, 15) is 0 Å². The molecule has 1 aromatic heterocycles. The van der Waals surface area contributed by atoms with Gasteiger partial charge >= 0.3 is 0 Å². The van der Waals surface area contributed by atoms with Crippen LogP contribution in [0.15, 0.2) is 36.5 Å². The fourth-order valence-corrected chi connectivity index (χ4v) is 3.80. The van der Waals surface area contributed by atoms with Gasteiger partial charge in [-0.1, -0.05) is 18.2 Å². The lowest BCUT2D eigenvalue weighted by atomic mass is 9.81. The third kappa shape index (κ3) is 1.76. The first-order valence-corrected chi connectivity index (χ1v) is 7.04. The summed E-state index contributed by atoms with van der Waals surface area (Å²) in [7, 11) is 0. The zero-order valence-corrected chi connectivity index (χ0v) is 10.8. The monoisotopic (exact) mass is 256 g/mol. The molecule has 0 saturated carbocycles. The molecule has 0 radical (unpaired) electrons. The Morgan fingerprint density at radius 1 is 1.11 bits per heavy atom. The standard InChI is InChI=1S/C16H17FN2/c17-16(9-11-6-7-12(10-16)19-11)14-4-1-5-15-13(14)3-2-8-18-15/h1-5,8,11-12,19H,6-7,9-10H2. The number of benzene rings is 1. The van der Waals surface area contributed by atoms with Gasteiger partial charge in [0.1, 0.15) is 5.67 Å². The Bertz CT molecular complexity index is 608. The van der Waals surface area contributed by atoms with Gasteiger partial charge in [0.2, 0.25) is 0 Å². The molecule has 2 atom stereocenters. The number of rotatable bonds is 1. The van der Waals surface area contributed by atoms with E-state index in [4.69, 9.17) is 0 Å². The summed E-state index contributed by atoms with van der Waals surface area (Å²) in [6.45, 7) is 0. The van der Waals surface area contributed by atoms with Crippen LogP contribution < -0.4 is 5.32 Å². The van der Waals surface area contributed by atoms with Gasteiger partial charge in [-0.25, -0.2) is 4.39 Å². The highest BCUT2D eigenvalue weighted by molar-refractivity contribution is 5.82. The van der Waals surface area contributed by atoms with Crippen LogP contribution in [0.3, 0.4) is 0 Å². The van der Waals surface area contributed by atoms with Crippen LogP contribution in [0.5, 0.6) is 0 Å². The summed E-state index contributed by atoms with van der Waals surface area (Å²) in [5.74, 6) is 0. The van der Waals surface area contributed by atoms with E-state index in [1.54, 1.807) is 6.20 Å². The maximum Gasteiger partial charge on any atom is 0.139 e. The molecular weight excluding hydrogens is 239 g/mol. The van der Waals surface area contributed by atoms with Crippen LogP contribution in [-0.4, -0.2) is 17.1 Å². The highest BCUT2D eigenvalue weighted by Crippen LogP contribution is 2.45. The molecule has 0 amide bonds. The van der Waals surface area contributed by atoms with Crippen LogP contribution in [0.4, 0.5) is 4.39 Å². The average molecular weight is 256 g/mol. The third-order valence-corrected chi connectivity index (χ3v) is 4.60. The highest BCUT2D eigenvalue weighted by Gasteiger charge is 2.45. The Kier molecular flexibility index (Phi) is 2.39. The van der Waals surface area contributed by atoms with Crippen molar-refractivity contribution in [2.45, 2.75) is 43.4 Å². The molecule has 3 heterocycles. The predicted octanol–water partition coefficient (Wildman–Crippen LogP) is 3.31. The molecule has 0 aliphatic carbocycles. The lowest BCUT2D eigenvalue weighted by Crippen LogP contribution is -2.44. The van der Waals surface area contributed by atoms with Crippen LogP contribution in [-0.2, 0) is 5.67 Å². The first-order chi connectivity index (χ1) is 9.24. The van der Waals surface area contributed by atoms with Gasteiger partial charge in [0.15, 0.2) is 0 Å². The van der Waals surface area contributed by atoms with Crippen molar-refractivity contribution in [3.8, 4) is 0 Å². The number of fused-ring (bicyclic) bond motifs is 3. The van der Waals surface area contributed by atoms with Gasteiger partial charge in [-0.2, -0.15) is 0 Å². The van der Waals surface area contributed by atoms with Gasteiger partial charge < -0.3 is 5.32 Å². The number of nitrogens with one attached hydrogen (secondary N) is 1. The molecule has 0 spiro atoms. The summed E-state index contributed by atoms with van der Waals surface area (Å²) >= 11 is 0. The molecule has 2 saturated heterocycles. The molecule has 2 fully saturated rings. The van der Waals surface area contributed by atoms with E-state index in [0.29, 0.717) is 24.9 Å². The molecule has 2 bridgehead atoms. The van der Waals surface area contributed by atoms with Gasteiger partial charge in [0, 0.05) is 36.5 Å². The maximum absolute atomic E-state index is 15.5. The van der Waals surface area contributed by atoms with E-state index in [1.165, 1.54) is 0 Å². The second-order valence-corrected chi connectivity index (χ2v) is 5.89. The van der Waals surface area contributed by atoms with Crippen molar-refractivity contribution >= 4 is 10.9 Å². The van der Waals surface area contributed by atoms with E-state index < -0.39 is 5.67 Å². The van der Waals surface area contributed by atoms with E-state index in [-0.39, 0.29) is 0 Å². The number of aromatic nitrogens is 1. The van der Waals surface area contributed by atoms with Crippen LogP contribution in [0.1, 0.15) is 31.2 Å². The Balaban J connectivity index is 1.85. The fourth-order valence-electron chi connectivity index (χ4n) is 3.80. The van der Waals surface area contributed by atoms with Gasteiger partial charge in [0.05, 0.1) is 5.52 Å². The third-order valence-electron chi connectivity index (χ3n) is 4.60. The zero-order valence-electron chi connectivity index (χ0n) is 10.8. The molecule has 2 aromatic rings. The molecule has 1 aromatic carbocycles. The Morgan fingerprint density at radius 2 is 1.89 bits per heavy atom. The van der Waals surface area contributed by atoms with Crippen molar-refractivity contribution in [3.05, 3.63) is 42.1 Å². The van der Waals surface area contributed by atoms with Crippen LogP contribution in [0.25, 0.3) is 10.9 Å². The second-order valence-electron chi connectivity index (χ2n) is 5.89. The topological polar surface area (TPSA) is 24.9 Å². The Morgan fingerprint density at radius 3 is 2.68 bits per heavy atom. The van der Waals surface area contributed by atoms with Crippen molar-refractivity contribution in [1.29, 1.82) is 0 Å². The summed E-state index contributed by atoms with van der Waals surface area (Å²) in [6.07, 6.45) is 5.18. The van der Waals surface area contributed by atoms with Gasteiger partial charge in [-0.3, -0.25) is 4.98 Å². The lowest BCUT2D eigenvalue weighted by Gasteiger charge is -2.36. The molecule has 2 aliphatic heterocycles. The number of alkyl halides is 1. The normalized spacial score (nSPS) is 33.7. The van der Waals surface area contributed by atoms with Crippen molar-refractivity contribution < 1.29 is 4.39 Å². The van der Waals surface area contributed by atoms with Crippen molar-refractivity contribution in [3.63, 3.8) is 0 Å². The SMILES string of the molecule is FC1(c2cccc3ncccc23)CC2CCC(C1)N2. The number of nitrogens with zero attached hydrogens (tertiary/aromatic N) is 1. The van der Waals surface area contributed by atoms with Crippen molar-refractivity contribution in [1.82, 2.24) is 10.3 Å². The van der Waals surface area contributed by atoms with Crippen molar-refractivity contribution in [2.75, 3.05) is 0 Å². The molecule has 2 unspecified atom stereocenters. The van der Waals surface area contributed by atoms with Gasteiger partial charge in [-0.15, -0.1) is 0 Å². The first-order valence-electron chi connectivity index (χ1n) is 7.04. The van der Waals surface area contributed by atoms with Crippen LogP contribution in [0.2, 0.25) is 0 Å². The number of pyridine rings is 1. The average Bonchev–Trinajstić information content (AvgIpc) is 2.78. The summed E-state index contributed by atoms with van der Waals surface area (Å²) < 4.78 is 15.5. The molecule has 2 aliphatic rings. The summed E-state index contributed by atoms with van der Waals surface area (Å²) in [5, 5.41) is 4.47. The number of hydrogen-bond donors (Lipinski definition) is 1. The summed E-state index contributed by atoms with van der Waals surface area (Å²) in [6, 6.07) is 10.4. The quantitative estimate of drug-likeness (QED) is 0.846. The molecule has 98 valence electrons. The molecule has 3 heteroatoms. The minimum absolute atomic E-state index is 0.343. The Hall–Kier alpha value is -1.48. The molecular formula is C16H17FN2. The molecule has 1 N–H and O–H groups in total. The van der Waals surface area contributed by atoms with E-state index in [1.807, 2.05) is 30.3 Å². The summed E-state index contributed by atoms with van der Waals surface area (Å²) in [4.78, 5) is 4.34. The number of hydrogen-bond acceptors (Lipinski definition) is 2.